The van der Waals surface area contributed by atoms with Gasteiger partial charge in [0.05, 0.1) is 0 Å². The molecule has 0 fully saturated rings. The molecule has 0 spiro atoms. The minimum absolute atomic E-state index is 0.140. The number of carbonyl (C=O) groups excluding carboxylic acids is 1. The second kappa shape index (κ2) is 3.13. The third kappa shape index (κ3) is 1.20. The largest absolute Gasteiger partial charge is 0.350 e. The van der Waals surface area contributed by atoms with Gasteiger partial charge in [0.25, 0.3) is 5.91 Å². The lowest BCUT2D eigenvalue weighted by molar-refractivity contribution is 0.0936. The lowest BCUT2D eigenvalue weighted by atomic mass is 10.1. The zero-order valence-electron chi connectivity index (χ0n) is 8.79. The van der Waals surface area contributed by atoms with Crippen molar-refractivity contribution >= 4 is 22.9 Å². The molecule has 0 radical (unpaired) electrons. The van der Waals surface area contributed by atoms with Gasteiger partial charge in [-0.15, -0.1) is 0 Å². The average molecular weight is 213 g/mol. The van der Waals surface area contributed by atoms with Gasteiger partial charge in [-0.1, -0.05) is 18.2 Å². The molecule has 2 aromatic rings. The molecule has 1 aromatic carbocycles. The van der Waals surface area contributed by atoms with E-state index in [-0.39, 0.29) is 5.91 Å². The summed E-state index contributed by atoms with van der Waals surface area (Å²) in [5, 5.41) is 1.07. The molecule has 3 rings (SSSR count). The van der Waals surface area contributed by atoms with Crippen LogP contribution in [0.2, 0.25) is 0 Å². The number of hydrogen-bond donors (Lipinski definition) is 3. The third-order valence-corrected chi connectivity index (χ3v) is 2.71. The number of aromatic nitrogens is 1. The molecule has 0 unspecified atom stereocenters. The molecule has 2 heterocycles. The van der Waals surface area contributed by atoms with Crippen molar-refractivity contribution in [1.29, 1.82) is 0 Å². The summed E-state index contributed by atoms with van der Waals surface area (Å²) in [6.07, 6.45) is 1.96. The summed E-state index contributed by atoms with van der Waals surface area (Å²) in [7, 11) is 0. The molecule has 1 aliphatic rings. The number of rotatable bonds is 0. The van der Waals surface area contributed by atoms with Crippen molar-refractivity contribution in [3.8, 4) is 0 Å². The number of fused-ring (bicyclic) bond motifs is 3. The van der Waals surface area contributed by atoms with Gasteiger partial charge >= 0.3 is 0 Å². The fourth-order valence-corrected chi connectivity index (χ4v) is 1.96. The van der Waals surface area contributed by atoms with Crippen LogP contribution >= 0.6 is 0 Å². The van der Waals surface area contributed by atoms with Gasteiger partial charge in [-0.2, -0.15) is 0 Å². The molecule has 3 N–H and O–H groups in total. The maximum atomic E-state index is 11.8. The third-order valence-electron chi connectivity index (χ3n) is 2.71. The van der Waals surface area contributed by atoms with Crippen molar-refractivity contribution in [1.82, 2.24) is 15.8 Å². The van der Waals surface area contributed by atoms with Gasteiger partial charge in [-0.3, -0.25) is 10.2 Å². The maximum Gasteiger partial charge on any atom is 0.286 e. The summed E-state index contributed by atoms with van der Waals surface area (Å²) >= 11 is 0. The highest BCUT2D eigenvalue weighted by molar-refractivity contribution is 6.05. The number of hydrogen-bond acceptors (Lipinski definition) is 2. The van der Waals surface area contributed by atoms with Crippen LogP contribution in [0.3, 0.4) is 0 Å². The summed E-state index contributed by atoms with van der Waals surface area (Å²) in [4.78, 5) is 14.9. The summed E-state index contributed by atoms with van der Waals surface area (Å²) in [5.74, 6) is -0.140. The van der Waals surface area contributed by atoms with E-state index < -0.39 is 0 Å². The lowest BCUT2D eigenvalue weighted by Gasteiger charge is -2.03. The van der Waals surface area contributed by atoms with Gasteiger partial charge in [0, 0.05) is 22.2 Å². The Hall–Kier alpha value is -2.23. The zero-order valence-corrected chi connectivity index (χ0v) is 8.79. The Balaban J connectivity index is 2.38. The molecule has 80 valence electrons. The first-order valence-electron chi connectivity index (χ1n) is 5.11. The van der Waals surface area contributed by atoms with E-state index in [4.69, 9.17) is 0 Å². The molecule has 0 saturated carbocycles. The molecule has 1 aliphatic heterocycles. The first-order valence-corrected chi connectivity index (χ1v) is 5.11. The lowest BCUT2D eigenvalue weighted by Crippen LogP contribution is -2.34. The molecule has 16 heavy (non-hydrogen) atoms. The van der Waals surface area contributed by atoms with E-state index in [9.17, 15) is 4.79 Å². The van der Waals surface area contributed by atoms with Crippen LogP contribution in [0, 0.1) is 0 Å². The number of aromatic amines is 1. The average Bonchev–Trinajstić information content (AvgIpc) is 2.59. The second-order valence-electron chi connectivity index (χ2n) is 3.87. The van der Waals surface area contributed by atoms with E-state index in [1.807, 2.05) is 37.3 Å². The molecule has 4 heteroatoms. The van der Waals surface area contributed by atoms with Crippen molar-refractivity contribution < 1.29 is 4.79 Å². The van der Waals surface area contributed by atoms with Crippen molar-refractivity contribution in [2.45, 2.75) is 6.92 Å². The predicted molar refractivity (Wildman–Crippen MR) is 62.6 cm³/mol. The van der Waals surface area contributed by atoms with Crippen LogP contribution in [0.25, 0.3) is 17.0 Å². The smallest absolute Gasteiger partial charge is 0.286 e. The van der Waals surface area contributed by atoms with Crippen LogP contribution < -0.4 is 10.9 Å². The number of para-hydroxylation sites is 1. The van der Waals surface area contributed by atoms with Gasteiger partial charge in [-0.05, 0) is 19.1 Å². The Morgan fingerprint density at radius 2 is 1.94 bits per heavy atom. The van der Waals surface area contributed by atoms with E-state index in [1.54, 1.807) is 0 Å². The Bertz CT molecular complexity index is 610. The summed E-state index contributed by atoms with van der Waals surface area (Å²) in [6, 6.07) is 7.89. The van der Waals surface area contributed by atoms with Crippen molar-refractivity contribution in [3.05, 3.63) is 41.2 Å². The van der Waals surface area contributed by atoms with Gasteiger partial charge in [0.1, 0.15) is 5.69 Å². The first kappa shape index (κ1) is 9.03. The number of amides is 1. The standard InChI is InChI=1S/C12H11N3O/c1-7-6-9-8-4-2-3-5-10(8)13-11(9)12(16)15-14-7/h2-6,13-14H,1H3,(H,15,16). The van der Waals surface area contributed by atoms with Crippen LogP contribution in [0.1, 0.15) is 23.0 Å². The van der Waals surface area contributed by atoms with Gasteiger partial charge < -0.3 is 10.4 Å². The highest BCUT2D eigenvalue weighted by atomic mass is 16.2. The number of allylic oxidation sites excluding steroid dienone is 1. The molecular weight excluding hydrogens is 202 g/mol. The number of H-pyrrole nitrogens is 1. The molecule has 0 saturated heterocycles. The first-order chi connectivity index (χ1) is 7.75. The Labute approximate surface area is 92.3 Å². The number of hydrazine groups is 1. The minimum atomic E-state index is -0.140. The Morgan fingerprint density at radius 3 is 2.81 bits per heavy atom. The molecule has 0 aliphatic carbocycles. The minimum Gasteiger partial charge on any atom is -0.350 e. The topological polar surface area (TPSA) is 56.9 Å². The SMILES string of the molecule is CC1=Cc2c([nH]c3ccccc23)C(=O)NN1. The summed E-state index contributed by atoms with van der Waals surface area (Å²) in [5.41, 5.74) is 8.89. The van der Waals surface area contributed by atoms with Crippen LogP contribution in [-0.2, 0) is 0 Å². The van der Waals surface area contributed by atoms with E-state index >= 15 is 0 Å². The Morgan fingerprint density at radius 1 is 1.12 bits per heavy atom. The maximum absolute atomic E-state index is 11.8. The number of benzene rings is 1. The number of nitrogens with one attached hydrogen (secondary N) is 3. The van der Waals surface area contributed by atoms with E-state index in [0.717, 1.165) is 22.2 Å². The second-order valence-corrected chi connectivity index (χ2v) is 3.87. The van der Waals surface area contributed by atoms with E-state index in [2.05, 4.69) is 15.8 Å². The van der Waals surface area contributed by atoms with Gasteiger partial charge in [0.15, 0.2) is 0 Å². The van der Waals surface area contributed by atoms with E-state index in [0.29, 0.717) is 5.69 Å². The molecule has 4 nitrogen and oxygen atoms in total. The molecule has 0 atom stereocenters. The molecule has 1 aromatic heterocycles. The summed E-state index contributed by atoms with van der Waals surface area (Å²) < 4.78 is 0. The monoisotopic (exact) mass is 213 g/mol. The molecular formula is C12H11N3O. The predicted octanol–water partition coefficient (Wildman–Crippen LogP) is 1.78. The van der Waals surface area contributed by atoms with Crippen molar-refractivity contribution in [2.75, 3.05) is 0 Å². The van der Waals surface area contributed by atoms with Crippen LogP contribution in [0.5, 0.6) is 0 Å². The highest BCUT2D eigenvalue weighted by Gasteiger charge is 2.18. The van der Waals surface area contributed by atoms with E-state index in [1.165, 1.54) is 0 Å². The molecule has 0 bridgehead atoms. The zero-order chi connectivity index (χ0) is 11.1. The number of carbonyl (C=O) groups is 1. The quantitative estimate of drug-likeness (QED) is 0.624. The van der Waals surface area contributed by atoms with Crippen molar-refractivity contribution in [2.24, 2.45) is 0 Å². The fraction of sp³-hybridized carbons (Fsp3) is 0.0833. The highest BCUT2D eigenvalue weighted by Crippen LogP contribution is 2.25. The summed E-state index contributed by atoms with van der Waals surface area (Å²) in [6.45, 7) is 1.91. The molecule has 1 amide bonds. The van der Waals surface area contributed by atoms with Crippen molar-refractivity contribution in [3.63, 3.8) is 0 Å². The van der Waals surface area contributed by atoms with Crippen LogP contribution in [-0.4, -0.2) is 10.9 Å². The normalized spacial score (nSPS) is 14.8. The Kier molecular flexibility index (Phi) is 1.77. The van der Waals surface area contributed by atoms with Gasteiger partial charge in [0.2, 0.25) is 0 Å². The van der Waals surface area contributed by atoms with Crippen LogP contribution in [0.4, 0.5) is 0 Å². The fourth-order valence-electron chi connectivity index (χ4n) is 1.96. The van der Waals surface area contributed by atoms with Crippen LogP contribution in [0.15, 0.2) is 30.0 Å². The van der Waals surface area contributed by atoms with Gasteiger partial charge in [-0.25, -0.2) is 0 Å².